The van der Waals surface area contributed by atoms with Crippen LogP contribution >= 0.6 is 0 Å². The van der Waals surface area contributed by atoms with E-state index in [4.69, 9.17) is 4.42 Å². The van der Waals surface area contributed by atoms with Gasteiger partial charge in [0.05, 0.1) is 0 Å². The monoisotopic (exact) mass is 202 g/mol. The highest BCUT2D eigenvalue weighted by atomic mass is 16.4. The summed E-state index contributed by atoms with van der Waals surface area (Å²) < 4.78 is 5.32. The summed E-state index contributed by atoms with van der Waals surface area (Å²) in [5.74, 6) is 0. The fourth-order valence-electron chi connectivity index (χ4n) is 1.77. The van der Waals surface area contributed by atoms with E-state index in [9.17, 15) is 4.79 Å². The van der Waals surface area contributed by atoms with Crippen LogP contribution in [-0.4, -0.2) is 0 Å². The van der Waals surface area contributed by atoms with Gasteiger partial charge in [-0.05, 0) is 25.0 Å². The molecule has 2 heteroatoms. The lowest BCUT2D eigenvalue weighted by Crippen LogP contribution is -2.03. The molecule has 0 radical (unpaired) electrons. The van der Waals surface area contributed by atoms with Crippen molar-refractivity contribution < 1.29 is 4.42 Å². The summed E-state index contributed by atoms with van der Waals surface area (Å²) in [6.45, 7) is 3.89. The van der Waals surface area contributed by atoms with Gasteiger partial charge in [-0.1, -0.05) is 31.5 Å². The molecule has 0 fully saturated rings. The van der Waals surface area contributed by atoms with E-state index in [2.05, 4.69) is 6.92 Å². The molecule has 2 aromatic rings. The minimum Gasteiger partial charge on any atom is -0.422 e. The van der Waals surface area contributed by atoms with Gasteiger partial charge < -0.3 is 4.42 Å². The van der Waals surface area contributed by atoms with Crippen LogP contribution in [0.4, 0.5) is 0 Å². The zero-order valence-corrected chi connectivity index (χ0v) is 9.04. The van der Waals surface area contributed by atoms with Gasteiger partial charge in [-0.2, -0.15) is 0 Å². The quantitative estimate of drug-likeness (QED) is 0.700. The van der Waals surface area contributed by atoms with Gasteiger partial charge in [-0.15, -0.1) is 0 Å². The van der Waals surface area contributed by atoms with E-state index < -0.39 is 0 Å². The molecule has 0 aliphatic heterocycles. The molecule has 0 unspecified atom stereocenters. The maximum atomic E-state index is 11.4. The van der Waals surface area contributed by atoms with E-state index in [0.29, 0.717) is 5.56 Å². The number of rotatable bonds is 2. The minimum atomic E-state index is -0.231. The third-order valence-electron chi connectivity index (χ3n) is 2.54. The van der Waals surface area contributed by atoms with Gasteiger partial charge in [0.1, 0.15) is 5.58 Å². The molecule has 0 saturated heterocycles. The lowest BCUT2D eigenvalue weighted by molar-refractivity contribution is 0.550. The molecule has 1 aromatic carbocycles. The maximum absolute atomic E-state index is 11.4. The van der Waals surface area contributed by atoms with Gasteiger partial charge in [0, 0.05) is 10.9 Å². The predicted molar refractivity (Wildman–Crippen MR) is 61.2 cm³/mol. The second-order valence-electron chi connectivity index (χ2n) is 3.80. The number of para-hydroxylation sites is 1. The molecule has 0 aliphatic rings. The highest BCUT2D eigenvalue weighted by Crippen LogP contribution is 2.19. The molecule has 1 aromatic heterocycles. The molecule has 0 atom stereocenters. The minimum absolute atomic E-state index is 0.231. The first-order chi connectivity index (χ1) is 7.22. The van der Waals surface area contributed by atoms with Crippen molar-refractivity contribution in [2.75, 3.05) is 0 Å². The van der Waals surface area contributed by atoms with Crippen LogP contribution in [0.3, 0.4) is 0 Å². The molecule has 0 saturated carbocycles. The fourth-order valence-corrected chi connectivity index (χ4v) is 1.77. The Hall–Kier alpha value is -1.57. The van der Waals surface area contributed by atoms with Crippen molar-refractivity contribution in [3.63, 3.8) is 0 Å². The summed E-state index contributed by atoms with van der Waals surface area (Å²) >= 11 is 0. The summed E-state index contributed by atoms with van der Waals surface area (Å²) in [6, 6.07) is 7.89. The normalized spacial score (nSPS) is 10.8. The first kappa shape index (κ1) is 9.97. The molecule has 15 heavy (non-hydrogen) atoms. The van der Waals surface area contributed by atoms with Crippen LogP contribution in [0.25, 0.3) is 11.0 Å². The topological polar surface area (TPSA) is 30.2 Å². The highest BCUT2D eigenvalue weighted by Gasteiger charge is 2.05. The third kappa shape index (κ3) is 1.80. The second kappa shape index (κ2) is 3.89. The molecule has 0 spiro atoms. The van der Waals surface area contributed by atoms with Gasteiger partial charge in [0.25, 0.3) is 0 Å². The number of aryl methyl sites for hydroxylation is 2. The van der Waals surface area contributed by atoms with Crippen molar-refractivity contribution in [3.8, 4) is 0 Å². The first-order valence-corrected chi connectivity index (χ1v) is 5.24. The number of hydrogen-bond acceptors (Lipinski definition) is 2. The summed E-state index contributed by atoms with van der Waals surface area (Å²) in [4.78, 5) is 11.4. The molecule has 0 amide bonds. The summed E-state index contributed by atoms with van der Waals surface area (Å²) in [5, 5.41) is 1.01. The van der Waals surface area contributed by atoms with Gasteiger partial charge in [0.15, 0.2) is 0 Å². The molecule has 2 nitrogen and oxygen atoms in total. The number of hydrogen-bond donors (Lipinski definition) is 0. The SMILES string of the molecule is CCCc1cccc2cc(C)c(=O)oc12. The number of fused-ring (bicyclic) bond motifs is 1. The average molecular weight is 202 g/mol. The smallest absolute Gasteiger partial charge is 0.339 e. The lowest BCUT2D eigenvalue weighted by Gasteiger charge is -2.03. The maximum Gasteiger partial charge on any atom is 0.339 e. The molecule has 0 aliphatic carbocycles. The van der Waals surface area contributed by atoms with Crippen LogP contribution in [0.1, 0.15) is 24.5 Å². The lowest BCUT2D eigenvalue weighted by atomic mass is 10.1. The molecule has 1 heterocycles. The van der Waals surface area contributed by atoms with Gasteiger partial charge in [-0.3, -0.25) is 0 Å². The van der Waals surface area contributed by atoms with Crippen molar-refractivity contribution >= 4 is 11.0 Å². The van der Waals surface area contributed by atoms with Crippen molar-refractivity contribution in [1.82, 2.24) is 0 Å². The Morgan fingerprint density at radius 2 is 2.13 bits per heavy atom. The Kier molecular flexibility index (Phi) is 2.58. The number of benzene rings is 1. The van der Waals surface area contributed by atoms with Crippen molar-refractivity contribution in [2.24, 2.45) is 0 Å². The van der Waals surface area contributed by atoms with E-state index in [1.54, 1.807) is 6.92 Å². The first-order valence-electron chi connectivity index (χ1n) is 5.24. The third-order valence-corrected chi connectivity index (χ3v) is 2.54. The van der Waals surface area contributed by atoms with Crippen LogP contribution in [0, 0.1) is 6.92 Å². The fraction of sp³-hybridized carbons (Fsp3) is 0.308. The summed E-state index contributed by atoms with van der Waals surface area (Å²) in [5.41, 5.74) is 2.30. The van der Waals surface area contributed by atoms with Crippen molar-refractivity contribution in [2.45, 2.75) is 26.7 Å². The van der Waals surface area contributed by atoms with Crippen LogP contribution in [0.5, 0.6) is 0 Å². The molecule has 0 bridgehead atoms. The van der Waals surface area contributed by atoms with Crippen molar-refractivity contribution in [1.29, 1.82) is 0 Å². The molecule has 0 N–H and O–H groups in total. The van der Waals surface area contributed by atoms with Gasteiger partial charge in [-0.25, -0.2) is 4.79 Å². The standard InChI is InChI=1S/C13H14O2/c1-3-5-10-6-4-7-11-8-9(2)13(14)15-12(10)11/h4,6-8H,3,5H2,1-2H3. The Balaban J connectivity index is 2.74. The zero-order valence-electron chi connectivity index (χ0n) is 9.04. The van der Waals surface area contributed by atoms with E-state index in [1.807, 2.05) is 24.3 Å². The Bertz CT molecular complexity index is 538. The van der Waals surface area contributed by atoms with Gasteiger partial charge >= 0.3 is 5.63 Å². The van der Waals surface area contributed by atoms with E-state index in [0.717, 1.165) is 29.4 Å². The summed E-state index contributed by atoms with van der Waals surface area (Å²) in [6.07, 6.45) is 2.00. The Morgan fingerprint density at radius 1 is 1.33 bits per heavy atom. The zero-order chi connectivity index (χ0) is 10.8. The molecular weight excluding hydrogens is 188 g/mol. The van der Waals surface area contributed by atoms with Crippen LogP contribution < -0.4 is 5.63 Å². The highest BCUT2D eigenvalue weighted by molar-refractivity contribution is 5.80. The Labute approximate surface area is 88.5 Å². The molecule has 2 rings (SSSR count). The van der Waals surface area contributed by atoms with E-state index in [1.165, 1.54) is 0 Å². The van der Waals surface area contributed by atoms with Crippen molar-refractivity contribution in [3.05, 3.63) is 45.8 Å². The molecular formula is C13H14O2. The van der Waals surface area contributed by atoms with E-state index in [-0.39, 0.29) is 5.63 Å². The average Bonchev–Trinajstić information content (AvgIpc) is 2.21. The summed E-state index contributed by atoms with van der Waals surface area (Å²) in [7, 11) is 0. The van der Waals surface area contributed by atoms with Crippen LogP contribution in [-0.2, 0) is 6.42 Å². The molecule has 78 valence electrons. The largest absolute Gasteiger partial charge is 0.422 e. The predicted octanol–water partition coefficient (Wildman–Crippen LogP) is 3.05. The van der Waals surface area contributed by atoms with Gasteiger partial charge in [0.2, 0.25) is 0 Å². The van der Waals surface area contributed by atoms with Crippen LogP contribution in [0.15, 0.2) is 33.5 Å². The Morgan fingerprint density at radius 3 is 2.87 bits per heavy atom. The van der Waals surface area contributed by atoms with E-state index >= 15 is 0 Å². The second-order valence-corrected chi connectivity index (χ2v) is 3.80. The van der Waals surface area contributed by atoms with Crippen LogP contribution in [0.2, 0.25) is 0 Å².